The van der Waals surface area contributed by atoms with Crippen LogP contribution in [-0.4, -0.2) is 22.4 Å². The third kappa shape index (κ3) is 1.75. The molecule has 1 saturated heterocycles. The van der Waals surface area contributed by atoms with Gasteiger partial charge in [0.05, 0.1) is 0 Å². The largest absolute Gasteiger partial charge is 0.369 e. The van der Waals surface area contributed by atoms with Crippen LogP contribution in [0, 0.1) is 18.3 Å². The lowest BCUT2D eigenvalue weighted by molar-refractivity contribution is -0.117. The zero-order valence-corrected chi connectivity index (χ0v) is 8.43. The van der Waals surface area contributed by atoms with E-state index in [9.17, 15) is 9.59 Å². The van der Waals surface area contributed by atoms with E-state index in [-0.39, 0.29) is 35.6 Å². The van der Waals surface area contributed by atoms with Gasteiger partial charge in [0, 0.05) is 24.9 Å². The summed E-state index contributed by atoms with van der Waals surface area (Å²) in [7, 11) is 0. The Kier molecular flexibility index (Phi) is 2.37. The molecule has 0 saturated carbocycles. The highest BCUT2D eigenvalue weighted by Gasteiger charge is 2.30. The van der Waals surface area contributed by atoms with E-state index >= 15 is 0 Å². The Morgan fingerprint density at radius 3 is 2.94 bits per heavy atom. The van der Waals surface area contributed by atoms with E-state index in [1.807, 2.05) is 0 Å². The van der Waals surface area contributed by atoms with Crippen molar-refractivity contribution in [2.24, 2.45) is 5.92 Å². The number of carbonyl (C=O) groups excluding carboxylic acids is 1. The molecular weight excluding hydrogens is 208 g/mol. The van der Waals surface area contributed by atoms with Gasteiger partial charge < -0.3 is 5.73 Å². The average molecular weight is 218 g/mol. The average Bonchev–Trinajstić information content (AvgIpc) is 2.58. The molecule has 1 atom stereocenters. The molecule has 3 N–H and O–H groups in total. The maximum Gasteiger partial charge on any atom is 0.254 e. The van der Waals surface area contributed by atoms with Crippen molar-refractivity contribution in [1.29, 1.82) is 0 Å². The summed E-state index contributed by atoms with van der Waals surface area (Å²) in [5, 5.41) is 0. The lowest BCUT2D eigenvalue weighted by atomic mass is 10.1. The summed E-state index contributed by atoms with van der Waals surface area (Å²) in [6.07, 6.45) is 5.54. The number of nitrogens with one attached hydrogen (secondary N) is 1. The molecule has 6 nitrogen and oxygen atoms in total. The summed E-state index contributed by atoms with van der Waals surface area (Å²) in [4.78, 5) is 30.4. The zero-order valence-electron chi connectivity index (χ0n) is 8.43. The molecule has 1 aliphatic heterocycles. The highest BCUT2D eigenvalue weighted by molar-refractivity contribution is 5.95. The number of hydrogen-bond donors (Lipinski definition) is 2. The van der Waals surface area contributed by atoms with Gasteiger partial charge in [-0.05, 0) is 0 Å². The van der Waals surface area contributed by atoms with Crippen LogP contribution in [0.3, 0.4) is 0 Å². The SMILES string of the molecule is C#CC1CC(=O)N(c2cc(=O)[nH]c(N)n2)C1. The maximum atomic E-state index is 11.6. The van der Waals surface area contributed by atoms with Crippen molar-refractivity contribution >= 4 is 17.7 Å². The number of nitrogens with zero attached hydrogens (tertiary/aromatic N) is 2. The van der Waals surface area contributed by atoms with E-state index in [2.05, 4.69) is 15.9 Å². The maximum absolute atomic E-state index is 11.6. The van der Waals surface area contributed by atoms with Crippen LogP contribution in [-0.2, 0) is 4.79 Å². The Balaban J connectivity index is 2.35. The lowest BCUT2D eigenvalue weighted by Gasteiger charge is -2.14. The fourth-order valence-corrected chi connectivity index (χ4v) is 1.64. The molecule has 82 valence electrons. The molecule has 2 heterocycles. The number of aromatic amines is 1. The molecule has 1 amide bonds. The molecule has 16 heavy (non-hydrogen) atoms. The van der Waals surface area contributed by atoms with Gasteiger partial charge in [-0.25, -0.2) is 0 Å². The normalized spacial score (nSPS) is 19.8. The highest BCUT2D eigenvalue weighted by atomic mass is 16.2. The third-order valence-electron chi connectivity index (χ3n) is 2.38. The topological polar surface area (TPSA) is 92.1 Å². The molecule has 1 aliphatic rings. The molecule has 2 rings (SSSR count). The van der Waals surface area contributed by atoms with Crippen LogP contribution in [0.1, 0.15) is 6.42 Å². The van der Waals surface area contributed by atoms with Crippen LogP contribution in [0.25, 0.3) is 0 Å². The molecule has 1 aromatic heterocycles. The van der Waals surface area contributed by atoms with Crippen LogP contribution >= 0.6 is 0 Å². The second-order valence-electron chi connectivity index (χ2n) is 3.56. The van der Waals surface area contributed by atoms with E-state index in [0.717, 1.165) is 0 Å². The number of H-pyrrole nitrogens is 1. The van der Waals surface area contributed by atoms with Gasteiger partial charge in [-0.1, -0.05) is 0 Å². The van der Waals surface area contributed by atoms with Crippen molar-refractivity contribution in [2.45, 2.75) is 6.42 Å². The molecule has 0 bridgehead atoms. The van der Waals surface area contributed by atoms with Gasteiger partial charge in [0.1, 0.15) is 5.82 Å². The molecule has 0 radical (unpaired) electrons. The third-order valence-corrected chi connectivity index (χ3v) is 2.38. The first-order chi connectivity index (χ1) is 7.60. The standard InChI is InChI=1S/C10H10N4O2/c1-2-6-3-9(16)14(5-6)7-4-8(15)13-10(11)12-7/h1,4,6H,3,5H2,(H3,11,12,13,15). The smallest absolute Gasteiger partial charge is 0.254 e. The van der Waals surface area contributed by atoms with Crippen LogP contribution in [0.2, 0.25) is 0 Å². The summed E-state index contributed by atoms with van der Waals surface area (Å²) in [5.41, 5.74) is 5.01. The molecule has 6 heteroatoms. The van der Waals surface area contributed by atoms with E-state index in [4.69, 9.17) is 12.2 Å². The van der Waals surface area contributed by atoms with Gasteiger partial charge in [0.25, 0.3) is 5.56 Å². The fraction of sp³-hybridized carbons (Fsp3) is 0.300. The highest BCUT2D eigenvalue weighted by Crippen LogP contribution is 2.21. The van der Waals surface area contributed by atoms with Gasteiger partial charge >= 0.3 is 0 Å². The van der Waals surface area contributed by atoms with Crippen molar-refractivity contribution in [2.75, 3.05) is 17.2 Å². The summed E-state index contributed by atoms with van der Waals surface area (Å²) in [6.45, 7) is 0.380. The number of amides is 1. The number of terminal acetylenes is 1. The van der Waals surface area contributed by atoms with Crippen molar-refractivity contribution in [3.8, 4) is 12.3 Å². The first-order valence-electron chi connectivity index (χ1n) is 4.73. The van der Waals surface area contributed by atoms with Crippen molar-refractivity contribution in [3.63, 3.8) is 0 Å². The van der Waals surface area contributed by atoms with Crippen LogP contribution in [0.4, 0.5) is 11.8 Å². The van der Waals surface area contributed by atoms with E-state index < -0.39 is 0 Å². The van der Waals surface area contributed by atoms with Crippen molar-refractivity contribution < 1.29 is 4.79 Å². The Morgan fingerprint density at radius 1 is 1.62 bits per heavy atom. The number of nitrogen functional groups attached to an aromatic ring is 1. The fourth-order valence-electron chi connectivity index (χ4n) is 1.64. The Bertz CT molecular complexity index is 528. The molecule has 1 aromatic rings. The van der Waals surface area contributed by atoms with Crippen molar-refractivity contribution in [1.82, 2.24) is 9.97 Å². The minimum Gasteiger partial charge on any atom is -0.369 e. The summed E-state index contributed by atoms with van der Waals surface area (Å²) < 4.78 is 0. The number of aromatic nitrogens is 2. The second kappa shape index (κ2) is 3.70. The predicted octanol–water partition coefficient (Wildman–Crippen LogP) is -0.662. The number of hydrogen-bond acceptors (Lipinski definition) is 4. The van der Waals surface area contributed by atoms with Gasteiger partial charge in [-0.3, -0.25) is 19.5 Å². The second-order valence-corrected chi connectivity index (χ2v) is 3.56. The zero-order chi connectivity index (χ0) is 11.7. The minimum atomic E-state index is -0.389. The minimum absolute atomic E-state index is 0.0144. The Labute approximate surface area is 91.5 Å². The lowest BCUT2D eigenvalue weighted by Crippen LogP contribution is -2.27. The van der Waals surface area contributed by atoms with Crippen molar-refractivity contribution in [3.05, 3.63) is 16.4 Å². The van der Waals surface area contributed by atoms with E-state index in [1.54, 1.807) is 0 Å². The predicted molar refractivity (Wildman–Crippen MR) is 58.6 cm³/mol. The van der Waals surface area contributed by atoms with Crippen LogP contribution < -0.4 is 16.2 Å². The van der Waals surface area contributed by atoms with Crippen LogP contribution in [0.5, 0.6) is 0 Å². The van der Waals surface area contributed by atoms with E-state index in [1.165, 1.54) is 11.0 Å². The molecule has 0 aliphatic carbocycles. The number of carbonyl (C=O) groups is 1. The van der Waals surface area contributed by atoms with Gasteiger partial charge in [-0.15, -0.1) is 12.3 Å². The monoisotopic (exact) mass is 218 g/mol. The molecule has 1 unspecified atom stereocenters. The van der Waals surface area contributed by atoms with Gasteiger partial charge in [0.2, 0.25) is 11.9 Å². The molecule has 0 aromatic carbocycles. The number of rotatable bonds is 1. The van der Waals surface area contributed by atoms with Crippen LogP contribution in [0.15, 0.2) is 10.9 Å². The molecule has 0 spiro atoms. The summed E-state index contributed by atoms with van der Waals surface area (Å²) in [5.74, 6) is 2.49. The quantitative estimate of drug-likeness (QED) is 0.612. The Morgan fingerprint density at radius 2 is 2.38 bits per heavy atom. The Hall–Kier alpha value is -2.29. The van der Waals surface area contributed by atoms with Gasteiger partial charge in [-0.2, -0.15) is 4.98 Å². The first-order valence-corrected chi connectivity index (χ1v) is 4.73. The van der Waals surface area contributed by atoms with E-state index in [0.29, 0.717) is 6.54 Å². The first kappa shape index (κ1) is 10.2. The number of nitrogens with two attached hydrogens (primary N) is 1. The van der Waals surface area contributed by atoms with Gasteiger partial charge in [0.15, 0.2) is 0 Å². The summed E-state index contributed by atoms with van der Waals surface area (Å²) >= 11 is 0. The molecule has 1 fully saturated rings. The summed E-state index contributed by atoms with van der Waals surface area (Å²) in [6, 6.07) is 1.23. The number of anilines is 2. The molecular formula is C10H10N4O2.